The minimum atomic E-state index is -2.68. The summed E-state index contributed by atoms with van der Waals surface area (Å²) in [5.74, 6) is -2.55. The first-order chi connectivity index (χ1) is 9.66. The molecular weight excluding hydrogens is 266 g/mol. The van der Waals surface area contributed by atoms with Crippen LogP contribution < -0.4 is 0 Å². The average Bonchev–Trinajstić information content (AvgIpc) is 2.33. The van der Waals surface area contributed by atoms with Gasteiger partial charge in [-0.15, -0.1) is 0 Å². The maximum absolute atomic E-state index is 14.9. The highest BCUT2D eigenvalue weighted by Gasteiger charge is 2.43. The first kappa shape index (κ1) is 18.4. The van der Waals surface area contributed by atoms with Crippen molar-refractivity contribution < 1.29 is 8.78 Å². The van der Waals surface area contributed by atoms with Crippen molar-refractivity contribution in [3.05, 3.63) is 23.3 Å². The maximum Gasteiger partial charge on any atom is 0.272 e. The molecule has 1 rings (SSSR count). The fraction of sp³-hybridized carbons (Fsp3) is 0.789. The molecule has 0 spiro atoms. The molecule has 0 aromatic heterocycles. The fourth-order valence-corrected chi connectivity index (χ4v) is 3.56. The molecule has 0 bridgehead atoms. The predicted molar refractivity (Wildman–Crippen MR) is 87.7 cm³/mol. The Morgan fingerprint density at radius 1 is 1.24 bits per heavy atom. The van der Waals surface area contributed by atoms with Gasteiger partial charge in [-0.05, 0) is 56.4 Å². The van der Waals surface area contributed by atoms with Crippen LogP contribution in [0.25, 0.3) is 0 Å². The quantitative estimate of drug-likeness (QED) is 0.491. The third-order valence-electron chi connectivity index (χ3n) is 4.67. The van der Waals surface area contributed by atoms with Crippen LogP contribution in [0.1, 0.15) is 73.1 Å². The van der Waals surface area contributed by atoms with E-state index in [9.17, 15) is 8.78 Å². The highest BCUT2D eigenvalue weighted by molar-refractivity contribution is 5.24. The zero-order valence-corrected chi connectivity index (χ0v) is 14.4. The first-order valence-electron chi connectivity index (χ1n) is 8.40. The van der Waals surface area contributed by atoms with Gasteiger partial charge in [-0.3, -0.25) is 0 Å². The van der Waals surface area contributed by atoms with Gasteiger partial charge in [-0.25, -0.2) is 8.78 Å². The van der Waals surface area contributed by atoms with Crippen molar-refractivity contribution in [1.29, 1.82) is 0 Å². The number of hydrogen-bond donors (Lipinski definition) is 0. The molecule has 122 valence electrons. The van der Waals surface area contributed by atoms with Gasteiger partial charge >= 0.3 is 0 Å². The van der Waals surface area contributed by atoms with Crippen molar-refractivity contribution in [3.63, 3.8) is 0 Å². The molecule has 21 heavy (non-hydrogen) atoms. The zero-order valence-electron chi connectivity index (χ0n) is 14.4. The van der Waals surface area contributed by atoms with E-state index in [-0.39, 0.29) is 5.92 Å². The average molecular weight is 298 g/mol. The van der Waals surface area contributed by atoms with Gasteiger partial charge in [0.05, 0.1) is 0 Å². The van der Waals surface area contributed by atoms with E-state index in [1.165, 1.54) is 0 Å². The lowest BCUT2D eigenvalue weighted by molar-refractivity contribution is -0.0289. The van der Waals surface area contributed by atoms with Gasteiger partial charge in [0.25, 0.3) is 5.92 Å². The molecule has 0 N–H and O–H groups in total. The molecule has 0 saturated heterocycles. The second kappa shape index (κ2) is 7.56. The Morgan fingerprint density at radius 2 is 1.86 bits per heavy atom. The van der Waals surface area contributed by atoms with Crippen molar-refractivity contribution in [1.82, 2.24) is 0 Å². The van der Waals surface area contributed by atoms with Crippen LogP contribution in [0, 0.1) is 17.8 Å². The van der Waals surface area contributed by atoms with Crippen molar-refractivity contribution >= 4 is 0 Å². The number of alkyl halides is 2. The van der Waals surface area contributed by atoms with Crippen LogP contribution in [0.15, 0.2) is 23.3 Å². The summed E-state index contributed by atoms with van der Waals surface area (Å²) in [4.78, 5) is 0. The molecule has 0 fully saturated rings. The fourth-order valence-electron chi connectivity index (χ4n) is 3.56. The Kier molecular flexibility index (Phi) is 6.62. The van der Waals surface area contributed by atoms with Crippen LogP contribution in [0.5, 0.6) is 0 Å². The van der Waals surface area contributed by atoms with E-state index >= 15 is 0 Å². The van der Waals surface area contributed by atoms with E-state index in [1.54, 1.807) is 6.92 Å². The molecule has 1 aliphatic carbocycles. The van der Waals surface area contributed by atoms with E-state index in [0.29, 0.717) is 24.3 Å². The molecular formula is C19H32F2. The van der Waals surface area contributed by atoms with Crippen molar-refractivity contribution in [2.75, 3.05) is 0 Å². The lowest BCUT2D eigenvalue weighted by Gasteiger charge is -2.33. The third-order valence-corrected chi connectivity index (χ3v) is 4.67. The van der Waals surface area contributed by atoms with E-state index in [4.69, 9.17) is 0 Å². The molecule has 0 aromatic rings. The van der Waals surface area contributed by atoms with Gasteiger partial charge in [-0.2, -0.15) is 0 Å². The SMILES string of the molecule is C=C(CC(C)C)CC1CCCC/C(C(C)C)=C(/C)C1(F)F. The molecule has 0 nitrogen and oxygen atoms in total. The summed E-state index contributed by atoms with van der Waals surface area (Å²) in [5.41, 5.74) is 2.29. The van der Waals surface area contributed by atoms with Crippen LogP contribution in [0.4, 0.5) is 8.78 Å². The Balaban J connectivity index is 2.98. The van der Waals surface area contributed by atoms with E-state index in [0.717, 1.165) is 36.8 Å². The summed E-state index contributed by atoms with van der Waals surface area (Å²) in [6.45, 7) is 14.0. The standard InChI is InChI=1S/C19H32F2/c1-13(2)11-15(5)12-17-9-7-8-10-18(14(3)4)16(6)19(17,20)21/h13-14,17H,5,7-12H2,1-4,6H3/b18-16+. The second-order valence-corrected chi connectivity index (χ2v) is 7.42. The van der Waals surface area contributed by atoms with Gasteiger partial charge in [0.2, 0.25) is 0 Å². The molecule has 0 saturated carbocycles. The summed E-state index contributed by atoms with van der Waals surface area (Å²) in [5, 5.41) is 0. The van der Waals surface area contributed by atoms with Crippen LogP contribution >= 0.6 is 0 Å². The van der Waals surface area contributed by atoms with Gasteiger partial charge in [-0.1, -0.05) is 51.8 Å². The zero-order chi connectivity index (χ0) is 16.2. The molecule has 1 unspecified atom stereocenters. The smallest absolute Gasteiger partial charge is 0.201 e. The van der Waals surface area contributed by atoms with Gasteiger partial charge < -0.3 is 0 Å². The number of hydrogen-bond acceptors (Lipinski definition) is 0. The minimum absolute atomic E-state index is 0.216. The van der Waals surface area contributed by atoms with Crippen molar-refractivity contribution in [2.45, 2.75) is 79.1 Å². The summed E-state index contributed by atoms with van der Waals surface area (Å²) in [6.07, 6.45) is 4.71. The number of rotatable bonds is 5. The highest BCUT2D eigenvalue weighted by atomic mass is 19.3. The lowest BCUT2D eigenvalue weighted by Crippen LogP contribution is -2.32. The normalized spacial score (nSPS) is 26.8. The predicted octanol–water partition coefficient (Wildman–Crippen LogP) is 6.78. The van der Waals surface area contributed by atoms with Gasteiger partial charge in [0.15, 0.2) is 0 Å². The van der Waals surface area contributed by atoms with E-state index < -0.39 is 11.8 Å². The summed E-state index contributed by atoms with van der Waals surface area (Å²) in [7, 11) is 0. The third kappa shape index (κ3) is 4.93. The second-order valence-electron chi connectivity index (χ2n) is 7.42. The summed E-state index contributed by atoms with van der Waals surface area (Å²) in [6, 6.07) is 0. The molecule has 0 heterocycles. The topological polar surface area (TPSA) is 0 Å². The summed E-state index contributed by atoms with van der Waals surface area (Å²) < 4.78 is 29.8. The highest BCUT2D eigenvalue weighted by Crippen LogP contribution is 2.44. The molecule has 1 aliphatic rings. The molecule has 2 heteroatoms. The Labute approximate surface area is 129 Å². The Morgan fingerprint density at radius 3 is 2.38 bits per heavy atom. The maximum atomic E-state index is 14.9. The van der Waals surface area contributed by atoms with Crippen LogP contribution in [-0.4, -0.2) is 5.92 Å². The molecule has 0 aromatic carbocycles. The minimum Gasteiger partial charge on any atom is -0.201 e. The van der Waals surface area contributed by atoms with Gasteiger partial charge in [0, 0.05) is 5.92 Å². The molecule has 0 aliphatic heterocycles. The summed E-state index contributed by atoms with van der Waals surface area (Å²) >= 11 is 0. The Bertz CT molecular complexity index is 388. The monoisotopic (exact) mass is 298 g/mol. The van der Waals surface area contributed by atoms with Gasteiger partial charge in [0.1, 0.15) is 0 Å². The van der Waals surface area contributed by atoms with Crippen LogP contribution in [-0.2, 0) is 0 Å². The molecule has 0 radical (unpaired) electrons. The van der Waals surface area contributed by atoms with Crippen LogP contribution in [0.2, 0.25) is 0 Å². The first-order valence-corrected chi connectivity index (χ1v) is 8.40. The largest absolute Gasteiger partial charge is 0.272 e. The number of halogens is 2. The van der Waals surface area contributed by atoms with E-state index in [2.05, 4.69) is 20.4 Å². The molecule has 0 amide bonds. The lowest BCUT2D eigenvalue weighted by atomic mass is 9.78. The molecule has 1 atom stereocenters. The van der Waals surface area contributed by atoms with Crippen LogP contribution in [0.3, 0.4) is 0 Å². The number of allylic oxidation sites excluding steroid dienone is 3. The van der Waals surface area contributed by atoms with E-state index in [1.807, 2.05) is 13.8 Å². The van der Waals surface area contributed by atoms with Crippen molar-refractivity contribution in [3.8, 4) is 0 Å². The Hall–Kier alpha value is -0.660. The van der Waals surface area contributed by atoms with Crippen molar-refractivity contribution in [2.24, 2.45) is 17.8 Å².